The van der Waals surface area contributed by atoms with Gasteiger partial charge in [-0.2, -0.15) is 15.0 Å². The van der Waals surface area contributed by atoms with Crippen LogP contribution in [0.25, 0.3) is 11.4 Å². The summed E-state index contributed by atoms with van der Waals surface area (Å²) in [5.41, 5.74) is 6.28. The summed E-state index contributed by atoms with van der Waals surface area (Å²) in [5.74, 6) is 1.60. The highest BCUT2D eigenvalue weighted by atomic mass is 79.9. The maximum absolute atomic E-state index is 5.64. The van der Waals surface area contributed by atoms with Crippen LogP contribution in [0.15, 0.2) is 16.6 Å². The Hall–Kier alpha value is -2.09. The molecule has 8 heteroatoms. The minimum absolute atomic E-state index is 0.0702. The third-order valence-corrected chi connectivity index (χ3v) is 3.29. The molecule has 2 aromatic rings. The van der Waals surface area contributed by atoms with Gasteiger partial charge in [-0.05, 0) is 28.1 Å². The van der Waals surface area contributed by atoms with Crippen molar-refractivity contribution < 1.29 is 14.2 Å². The standard InChI is InChI=1S/C12H13BrN4O3/c1-18-7-5-4-6(9(19-2)8(7)13)10-15-11(14)17-12(16-10)20-3/h4-5H,1-3H3,(H2,14,15,16,17). The summed E-state index contributed by atoms with van der Waals surface area (Å²) < 4.78 is 16.2. The molecule has 1 aromatic heterocycles. The van der Waals surface area contributed by atoms with E-state index in [2.05, 4.69) is 30.9 Å². The van der Waals surface area contributed by atoms with Crippen LogP contribution in [0.4, 0.5) is 5.95 Å². The number of hydrogen-bond donors (Lipinski definition) is 1. The second-order valence-corrected chi connectivity index (χ2v) is 4.46. The van der Waals surface area contributed by atoms with E-state index < -0.39 is 0 Å². The lowest BCUT2D eigenvalue weighted by atomic mass is 10.2. The molecule has 0 amide bonds. The average Bonchev–Trinajstić information content (AvgIpc) is 2.46. The molecule has 0 saturated heterocycles. The van der Waals surface area contributed by atoms with Gasteiger partial charge in [-0.1, -0.05) is 0 Å². The summed E-state index contributed by atoms with van der Waals surface area (Å²) in [5, 5.41) is 0. The second-order valence-electron chi connectivity index (χ2n) is 3.67. The van der Waals surface area contributed by atoms with Crippen LogP contribution in [0.1, 0.15) is 0 Å². The third-order valence-electron chi connectivity index (χ3n) is 2.54. The van der Waals surface area contributed by atoms with Crippen LogP contribution in [-0.4, -0.2) is 36.3 Å². The number of anilines is 1. The summed E-state index contributed by atoms with van der Waals surface area (Å²) in [6.45, 7) is 0. The van der Waals surface area contributed by atoms with Crippen molar-refractivity contribution in [2.75, 3.05) is 27.1 Å². The number of hydrogen-bond acceptors (Lipinski definition) is 7. The smallest absolute Gasteiger partial charge is 0.321 e. The topological polar surface area (TPSA) is 92.4 Å². The van der Waals surface area contributed by atoms with Gasteiger partial charge >= 0.3 is 6.01 Å². The molecule has 1 aromatic carbocycles. The Bertz CT molecular complexity index is 636. The number of methoxy groups -OCH3 is 3. The van der Waals surface area contributed by atoms with E-state index in [4.69, 9.17) is 19.9 Å². The van der Waals surface area contributed by atoms with Crippen molar-refractivity contribution in [3.63, 3.8) is 0 Å². The molecule has 0 bridgehead atoms. The van der Waals surface area contributed by atoms with E-state index in [1.165, 1.54) is 7.11 Å². The predicted octanol–water partition coefficient (Wildman–Crippen LogP) is 1.91. The molecule has 0 aliphatic carbocycles. The van der Waals surface area contributed by atoms with Gasteiger partial charge in [0.1, 0.15) is 16.0 Å². The van der Waals surface area contributed by atoms with Crippen LogP contribution in [0.3, 0.4) is 0 Å². The predicted molar refractivity (Wildman–Crippen MR) is 77.0 cm³/mol. The summed E-state index contributed by atoms with van der Waals surface area (Å²) in [4.78, 5) is 12.1. The molecule has 0 unspecified atom stereocenters. The van der Waals surface area contributed by atoms with Gasteiger partial charge in [0.25, 0.3) is 0 Å². The lowest BCUT2D eigenvalue weighted by Crippen LogP contribution is -2.03. The fraction of sp³-hybridized carbons (Fsp3) is 0.250. The van der Waals surface area contributed by atoms with E-state index in [1.807, 2.05) is 0 Å². The Morgan fingerprint density at radius 2 is 1.75 bits per heavy atom. The molecule has 0 atom stereocenters. The number of aromatic nitrogens is 3. The Kier molecular flexibility index (Phi) is 4.23. The monoisotopic (exact) mass is 340 g/mol. The number of halogens is 1. The fourth-order valence-electron chi connectivity index (χ4n) is 1.66. The molecule has 2 rings (SSSR count). The van der Waals surface area contributed by atoms with Gasteiger partial charge in [-0.15, -0.1) is 0 Å². The Balaban J connectivity index is 2.63. The molecule has 2 N–H and O–H groups in total. The number of ether oxygens (including phenoxy) is 3. The molecule has 20 heavy (non-hydrogen) atoms. The second kappa shape index (κ2) is 5.91. The molecular formula is C12H13BrN4O3. The van der Waals surface area contributed by atoms with Crippen molar-refractivity contribution >= 4 is 21.9 Å². The van der Waals surface area contributed by atoms with Crippen molar-refractivity contribution in [2.45, 2.75) is 0 Å². The number of benzene rings is 1. The normalized spacial score (nSPS) is 10.2. The van der Waals surface area contributed by atoms with Crippen LogP contribution in [0, 0.1) is 0 Å². The fourth-order valence-corrected chi connectivity index (χ4v) is 2.32. The highest BCUT2D eigenvalue weighted by Gasteiger charge is 2.17. The van der Waals surface area contributed by atoms with Gasteiger partial charge in [-0.25, -0.2) is 0 Å². The Labute approximate surface area is 124 Å². The SMILES string of the molecule is COc1nc(N)nc(-c2ccc(OC)c(Br)c2OC)n1. The van der Waals surface area contributed by atoms with Crippen molar-refractivity contribution in [3.05, 3.63) is 16.6 Å². The van der Waals surface area contributed by atoms with E-state index in [0.29, 0.717) is 27.4 Å². The van der Waals surface area contributed by atoms with E-state index >= 15 is 0 Å². The highest BCUT2D eigenvalue weighted by Crippen LogP contribution is 2.41. The first-order valence-electron chi connectivity index (χ1n) is 5.57. The van der Waals surface area contributed by atoms with E-state index in [-0.39, 0.29) is 12.0 Å². The first kappa shape index (κ1) is 14.3. The van der Waals surface area contributed by atoms with Gasteiger partial charge in [0, 0.05) is 0 Å². The summed E-state index contributed by atoms with van der Waals surface area (Å²) >= 11 is 3.42. The van der Waals surface area contributed by atoms with Crippen LogP contribution >= 0.6 is 15.9 Å². The van der Waals surface area contributed by atoms with E-state index in [0.717, 1.165) is 0 Å². The maximum Gasteiger partial charge on any atom is 0.321 e. The summed E-state index contributed by atoms with van der Waals surface area (Å²) in [6, 6.07) is 3.69. The third kappa shape index (κ3) is 2.60. The van der Waals surface area contributed by atoms with Crippen LogP contribution < -0.4 is 19.9 Å². The van der Waals surface area contributed by atoms with E-state index in [1.54, 1.807) is 26.4 Å². The number of rotatable bonds is 4. The number of nitrogen functional groups attached to an aromatic ring is 1. The van der Waals surface area contributed by atoms with Gasteiger partial charge < -0.3 is 19.9 Å². The zero-order valence-electron chi connectivity index (χ0n) is 11.2. The van der Waals surface area contributed by atoms with Crippen molar-refractivity contribution in [2.24, 2.45) is 0 Å². The quantitative estimate of drug-likeness (QED) is 0.908. The van der Waals surface area contributed by atoms with Crippen LogP contribution in [0.2, 0.25) is 0 Å². The number of nitrogens with zero attached hydrogens (tertiary/aromatic N) is 3. The largest absolute Gasteiger partial charge is 0.495 e. The van der Waals surface area contributed by atoms with Gasteiger partial charge in [-0.3, -0.25) is 0 Å². The first-order chi connectivity index (χ1) is 9.60. The van der Waals surface area contributed by atoms with Gasteiger partial charge in [0.15, 0.2) is 5.82 Å². The van der Waals surface area contributed by atoms with Crippen molar-refractivity contribution in [1.82, 2.24) is 15.0 Å². The average molecular weight is 341 g/mol. The Morgan fingerprint density at radius 1 is 1.00 bits per heavy atom. The molecule has 1 heterocycles. The zero-order valence-corrected chi connectivity index (χ0v) is 12.8. The lowest BCUT2D eigenvalue weighted by molar-refractivity contribution is 0.379. The lowest BCUT2D eigenvalue weighted by Gasteiger charge is -2.12. The Morgan fingerprint density at radius 3 is 2.35 bits per heavy atom. The molecule has 7 nitrogen and oxygen atoms in total. The molecule has 106 valence electrons. The minimum Gasteiger partial charge on any atom is -0.495 e. The first-order valence-corrected chi connectivity index (χ1v) is 6.36. The van der Waals surface area contributed by atoms with Crippen LogP contribution in [-0.2, 0) is 0 Å². The molecular weight excluding hydrogens is 328 g/mol. The molecule has 0 spiro atoms. The molecule has 0 saturated carbocycles. The van der Waals surface area contributed by atoms with Crippen molar-refractivity contribution in [1.29, 1.82) is 0 Å². The maximum atomic E-state index is 5.64. The van der Waals surface area contributed by atoms with Crippen LogP contribution in [0.5, 0.6) is 17.5 Å². The molecule has 0 fully saturated rings. The zero-order chi connectivity index (χ0) is 14.7. The minimum atomic E-state index is 0.0702. The van der Waals surface area contributed by atoms with Gasteiger partial charge in [0.05, 0.1) is 26.9 Å². The molecule has 0 aliphatic heterocycles. The van der Waals surface area contributed by atoms with E-state index in [9.17, 15) is 0 Å². The summed E-state index contributed by atoms with van der Waals surface area (Å²) in [7, 11) is 4.58. The number of nitrogens with two attached hydrogens (primary N) is 1. The highest BCUT2D eigenvalue weighted by molar-refractivity contribution is 9.10. The van der Waals surface area contributed by atoms with Crippen molar-refractivity contribution in [3.8, 4) is 28.9 Å². The molecule has 0 aliphatic rings. The summed E-state index contributed by atoms with van der Waals surface area (Å²) in [6.07, 6.45) is 0. The van der Waals surface area contributed by atoms with Gasteiger partial charge in [0.2, 0.25) is 5.95 Å². The molecule has 0 radical (unpaired) electrons.